The molecule has 2 amide bonds. The number of nitrogens with one attached hydrogen (secondary N) is 1. The Labute approximate surface area is 142 Å². The number of furan rings is 1. The molecule has 8 heteroatoms. The average Bonchev–Trinajstić information content (AvgIpc) is 3.23. The van der Waals surface area contributed by atoms with E-state index in [-0.39, 0.29) is 5.75 Å². The molecule has 3 aromatic rings. The monoisotopic (exact) mass is 342 g/mol. The molecule has 0 bridgehead atoms. The van der Waals surface area contributed by atoms with Gasteiger partial charge in [-0.15, -0.1) is 10.2 Å². The average molecular weight is 342 g/mol. The summed E-state index contributed by atoms with van der Waals surface area (Å²) in [5.41, 5.74) is 0.439. The van der Waals surface area contributed by atoms with Crippen LogP contribution in [-0.2, 0) is 11.8 Å². The molecule has 0 aliphatic carbocycles. The van der Waals surface area contributed by atoms with Gasteiger partial charge in [0, 0.05) is 12.6 Å². The third kappa shape index (κ3) is 3.54. The molecule has 122 valence electrons. The number of rotatable bonds is 5. The van der Waals surface area contributed by atoms with Crippen LogP contribution in [0.15, 0.2) is 58.3 Å². The SMILES string of the molecule is Cn1c(SCC(=O)NC(=O)c2ccccc2)nnc1-c1ccco1. The summed E-state index contributed by atoms with van der Waals surface area (Å²) < 4.78 is 7.02. The maximum absolute atomic E-state index is 11.9. The van der Waals surface area contributed by atoms with Crippen LogP contribution in [0.25, 0.3) is 11.6 Å². The van der Waals surface area contributed by atoms with Crippen molar-refractivity contribution in [1.29, 1.82) is 0 Å². The van der Waals surface area contributed by atoms with Crippen molar-refractivity contribution in [3.63, 3.8) is 0 Å². The van der Waals surface area contributed by atoms with Crippen molar-refractivity contribution < 1.29 is 14.0 Å². The van der Waals surface area contributed by atoms with E-state index in [4.69, 9.17) is 4.42 Å². The number of hydrogen-bond donors (Lipinski definition) is 1. The van der Waals surface area contributed by atoms with Crippen LogP contribution in [0.4, 0.5) is 0 Å². The number of thioether (sulfide) groups is 1. The number of carbonyl (C=O) groups excluding carboxylic acids is 2. The fourth-order valence-corrected chi connectivity index (χ4v) is 2.73. The molecule has 24 heavy (non-hydrogen) atoms. The molecule has 0 fully saturated rings. The van der Waals surface area contributed by atoms with E-state index in [0.717, 1.165) is 0 Å². The Morgan fingerprint density at radius 2 is 1.96 bits per heavy atom. The van der Waals surface area contributed by atoms with Gasteiger partial charge in [-0.25, -0.2) is 0 Å². The van der Waals surface area contributed by atoms with Gasteiger partial charge in [-0.1, -0.05) is 30.0 Å². The number of amides is 2. The topological polar surface area (TPSA) is 90.0 Å². The third-order valence-electron chi connectivity index (χ3n) is 3.20. The van der Waals surface area contributed by atoms with Gasteiger partial charge < -0.3 is 8.98 Å². The highest BCUT2D eigenvalue weighted by Crippen LogP contribution is 2.22. The Morgan fingerprint density at radius 1 is 1.17 bits per heavy atom. The van der Waals surface area contributed by atoms with Crippen molar-refractivity contribution in [3.8, 4) is 11.6 Å². The summed E-state index contributed by atoms with van der Waals surface area (Å²) in [7, 11) is 1.78. The lowest BCUT2D eigenvalue weighted by atomic mass is 10.2. The van der Waals surface area contributed by atoms with Crippen molar-refractivity contribution in [1.82, 2.24) is 20.1 Å². The summed E-state index contributed by atoms with van der Waals surface area (Å²) in [5, 5.41) is 11.0. The first-order valence-corrected chi connectivity index (χ1v) is 8.09. The lowest BCUT2D eigenvalue weighted by molar-refractivity contribution is -0.117. The quantitative estimate of drug-likeness (QED) is 0.714. The second kappa shape index (κ2) is 7.14. The zero-order valence-corrected chi connectivity index (χ0v) is 13.6. The molecule has 0 aliphatic rings. The van der Waals surface area contributed by atoms with Gasteiger partial charge in [0.05, 0.1) is 12.0 Å². The molecule has 0 radical (unpaired) electrons. The first-order chi connectivity index (χ1) is 11.6. The first-order valence-electron chi connectivity index (χ1n) is 7.10. The van der Waals surface area contributed by atoms with Crippen LogP contribution in [0.2, 0.25) is 0 Å². The van der Waals surface area contributed by atoms with Gasteiger partial charge in [0.1, 0.15) is 0 Å². The summed E-state index contributed by atoms with van der Waals surface area (Å²) >= 11 is 1.19. The van der Waals surface area contributed by atoms with E-state index in [9.17, 15) is 9.59 Å². The Hall–Kier alpha value is -2.87. The fraction of sp³-hybridized carbons (Fsp3) is 0.125. The minimum atomic E-state index is -0.421. The Morgan fingerprint density at radius 3 is 2.67 bits per heavy atom. The number of benzene rings is 1. The molecule has 0 unspecified atom stereocenters. The molecule has 0 aliphatic heterocycles. The van der Waals surface area contributed by atoms with E-state index in [1.807, 2.05) is 0 Å². The van der Waals surface area contributed by atoms with Gasteiger partial charge in [0.2, 0.25) is 5.91 Å². The molecule has 0 saturated carbocycles. The summed E-state index contributed by atoms with van der Waals surface area (Å²) in [6.07, 6.45) is 1.56. The summed E-state index contributed by atoms with van der Waals surface area (Å²) in [5.74, 6) is 0.415. The van der Waals surface area contributed by atoms with E-state index in [0.29, 0.717) is 22.3 Å². The van der Waals surface area contributed by atoms with Crippen LogP contribution in [0.3, 0.4) is 0 Å². The van der Waals surface area contributed by atoms with Crippen molar-refractivity contribution in [3.05, 3.63) is 54.3 Å². The second-order valence-electron chi connectivity index (χ2n) is 4.87. The van der Waals surface area contributed by atoms with Crippen LogP contribution in [0.1, 0.15) is 10.4 Å². The van der Waals surface area contributed by atoms with Crippen molar-refractivity contribution in [2.45, 2.75) is 5.16 Å². The molecule has 2 heterocycles. The second-order valence-corrected chi connectivity index (χ2v) is 5.82. The van der Waals surface area contributed by atoms with Crippen molar-refractivity contribution >= 4 is 23.6 Å². The maximum atomic E-state index is 11.9. The van der Waals surface area contributed by atoms with Crippen LogP contribution in [0.5, 0.6) is 0 Å². The molecular weight excluding hydrogens is 328 g/mol. The normalized spacial score (nSPS) is 10.5. The minimum Gasteiger partial charge on any atom is -0.461 e. The van der Waals surface area contributed by atoms with E-state index < -0.39 is 11.8 Å². The maximum Gasteiger partial charge on any atom is 0.257 e. The summed E-state index contributed by atoms with van der Waals surface area (Å²) in [6, 6.07) is 12.1. The van der Waals surface area contributed by atoms with Gasteiger partial charge in [-0.05, 0) is 24.3 Å². The largest absolute Gasteiger partial charge is 0.461 e. The number of hydrogen-bond acceptors (Lipinski definition) is 6. The van der Waals surface area contributed by atoms with Crippen LogP contribution in [0, 0.1) is 0 Å². The minimum absolute atomic E-state index is 0.0582. The van der Waals surface area contributed by atoms with Gasteiger partial charge in [-0.2, -0.15) is 0 Å². The molecule has 0 spiro atoms. The molecule has 0 saturated heterocycles. The molecule has 0 atom stereocenters. The van der Waals surface area contributed by atoms with E-state index in [1.54, 1.807) is 60.3 Å². The molecule has 1 aromatic carbocycles. The van der Waals surface area contributed by atoms with Gasteiger partial charge in [-0.3, -0.25) is 14.9 Å². The standard InChI is InChI=1S/C16H14N4O3S/c1-20-14(12-8-5-9-23-12)18-19-16(20)24-10-13(21)17-15(22)11-6-3-2-4-7-11/h2-9H,10H2,1H3,(H,17,21,22). The smallest absolute Gasteiger partial charge is 0.257 e. The Balaban J connectivity index is 1.58. The van der Waals surface area contributed by atoms with E-state index in [1.165, 1.54) is 11.8 Å². The lowest BCUT2D eigenvalue weighted by Crippen LogP contribution is -2.31. The zero-order chi connectivity index (χ0) is 16.9. The number of carbonyl (C=O) groups is 2. The molecule has 3 rings (SSSR count). The van der Waals surface area contributed by atoms with E-state index in [2.05, 4.69) is 15.5 Å². The predicted molar refractivity (Wildman–Crippen MR) is 88.3 cm³/mol. The molecule has 2 aromatic heterocycles. The van der Waals surface area contributed by atoms with Crippen molar-refractivity contribution in [2.75, 3.05) is 5.75 Å². The zero-order valence-electron chi connectivity index (χ0n) is 12.8. The highest BCUT2D eigenvalue weighted by Gasteiger charge is 2.15. The number of nitrogens with zero attached hydrogens (tertiary/aromatic N) is 3. The van der Waals surface area contributed by atoms with Gasteiger partial charge in [0.25, 0.3) is 5.91 Å². The molecular formula is C16H14N4O3S. The highest BCUT2D eigenvalue weighted by molar-refractivity contribution is 7.99. The Kier molecular flexibility index (Phi) is 4.76. The van der Waals surface area contributed by atoms with Crippen molar-refractivity contribution in [2.24, 2.45) is 7.05 Å². The van der Waals surface area contributed by atoms with Gasteiger partial charge in [0.15, 0.2) is 16.7 Å². The van der Waals surface area contributed by atoms with E-state index >= 15 is 0 Å². The fourth-order valence-electron chi connectivity index (χ4n) is 2.02. The Bertz CT molecular complexity index is 844. The summed E-state index contributed by atoms with van der Waals surface area (Å²) in [4.78, 5) is 23.8. The van der Waals surface area contributed by atoms with Crippen LogP contribution in [-0.4, -0.2) is 32.3 Å². The lowest BCUT2D eigenvalue weighted by Gasteiger charge is -2.04. The number of aromatic nitrogens is 3. The van der Waals surface area contributed by atoms with Gasteiger partial charge >= 0.3 is 0 Å². The predicted octanol–water partition coefficient (Wildman–Crippen LogP) is 2.12. The molecule has 1 N–H and O–H groups in total. The summed E-state index contributed by atoms with van der Waals surface area (Å²) in [6.45, 7) is 0. The van der Waals surface area contributed by atoms with Crippen LogP contribution < -0.4 is 5.32 Å². The molecule has 7 nitrogen and oxygen atoms in total. The third-order valence-corrected chi connectivity index (χ3v) is 4.22. The van der Waals surface area contributed by atoms with Crippen LogP contribution >= 0.6 is 11.8 Å². The first kappa shape index (κ1) is 16.0. The number of imide groups is 1. The highest BCUT2D eigenvalue weighted by atomic mass is 32.2.